The summed E-state index contributed by atoms with van der Waals surface area (Å²) in [5.74, 6) is 0.398. The smallest absolute Gasteiger partial charge is 0.341 e. The maximum absolute atomic E-state index is 12.7. The van der Waals surface area contributed by atoms with Crippen LogP contribution in [0.1, 0.15) is 5.56 Å². The van der Waals surface area contributed by atoms with E-state index in [9.17, 15) is 9.59 Å². The Hall–Kier alpha value is -3.22. The minimum atomic E-state index is -1.05. The van der Waals surface area contributed by atoms with E-state index in [1.54, 1.807) is 63.7 Å². The van der Waals surface area contributed by atoms with E-state index >= 15 is 0 Å². The number of nitrogens with zero attached hydrogens (tertiary/aromatic N) is 1. The van der Waals surface area contributed by atoms with Gasteiger partial charge in [0.05, 0.1) is 20.6 Å². The summed E-state index contributed by atoms with van der Waals surface area (Å²) in [6.07, 6.45) is 0.112. The minimum Gasteiger partial charge on any atom is -0.496 e. The van der Waals surface area contributed by atoms with Crippen LogP contribution >= 0.6 is 0 Å². The molecule has 0 aliphatic carbocycles. The average molecular weight is 359 g/mol. The summed E-state index contributed by atoms with van der Waals surface area (Å²) in [7, 11) is 4.75. The molecule has 1 N–H and O–H groups in total. The first kappa shape index (κ1) is 19.1. The van der Waals surface area contributed by atoms with E-state index in [0.29, 0.717) is 28.5 Å². The molecular weight excluding hydrogens is 338 g/mol. The molecule has 0 bridgehead atoms. The van der Waals surface area contributed by atoms with Crippen molar-refractivity contribution in [2.24, 2.45) is 0 Å². The molecule has 0 spiro atoms. The highest BCUT2D eigenvalue weighted by Crippen LogP contribution is 2.29. The van der Waals surface area contributed by atoms with Crippen LogP contribution in [0, 0.1) is 0 Å². The van der Waals surface area contributed by atoms with Gasteiger partial charge in [0.2, 0.25) is 5.91 Å². The van der Waals surface area contributed by atoms with Crippen molar-refractivity contribution in [2.45, 2.75) is 6.42 Å². The molecule has 0 unspecified atom stereocenters. The van der Waals surface area contributed by atoms with Gasteiger partial charge in [-0.05, 0) is 36.4 Å². The first-order valence-corrected chi connectivity index (χ1v) is 7.87. The summed E-state index contributed by atoms with van der Waals surface area (Å²) < 4.78 is 15.7. The zero-order chi connectivity index (χ0) is 19.1. The van der Waals surface area contributed by atoms with E-state index in [-0.39, 0.29) is 12.3 Å². The Morgan fingerprint density at radius 3 is 2.08 bits per heavy atom. The zero-order valence-corrected chi connectivity index (χ0v) is 14.9. The lowest BCUT2D eigenvalue weighted by Gasteiger charge is -2.19. The van der Waals surface area contributed by atoms with Gasteiger partial charge in [-0.15, -0.1) is 0 Å². The highest BCUT2D eigenvalue weighted by Gasteiger charge is 2.18. The maximum Gasteiger partial charge on any atom is 0.341 e. The molecule has 2 aromatic carbocycles. The molecule has 26 heavy (non-hydrogen) atoms. The van der Waals surface area contributed by atoms with Gasteiger partial charge in [0.15, 0.2) is 6.61 Å². The number of benzene rings is 2. The van der Waals surface area contributed by atoms with Crippen LogP contribution in [0.4, 0.5) is 5.69 Å². The van der Waals surface area contributed by atoms with Crippen LogP contribution in [-0.2, 0) is 16.0 Å². The number of carboxylic acids is 1. The predicted molar refractivity (Wildman–Crippen MR) is 96.2 cm³/mol. The highest BCUT2D eigenvalue weighted by atomic mass is 16.5. The van der Waals surface area contributed by atoms with Gasteiger partial charge in [0.1, 0.15) is 17.2 Å². The van der Waals surface area contributed by atoms with Gasteiger partial charge in [-0.2, -0.15) is 0 Å². The molecule has 1 amide bonds. The molecular formula is C19H21NO6. The number of carbonyl (C=O) groups excluding carboxylic acids is 1. The van der Waals surface area contributed by atoms with Crippen molar-refractivity contribution in [1.82, 2.24) is 0 Å². The molecule has 0 saturated heterocycles. The van der Waals surface area contributed by atoms with E-state index in [0.717, 1.165) is 0 Å². The van der Waals surface area contributed by atoms with E-state index in [1.165, 1.54) is 4.90 Å². The number of aliphatic carboxylic acids is 1. The number of rotatable bonds is 8. The van der Waals surface area contributed by atoms with E-state index in [4.69, 9.17) is 19.3 Å². The summed E-state index contributed by atoms with van der Waals surface area (Å²) in [5.41, 5.74) is 1.34. The largest absolute Gasteiger partial charge is 0.496 e. The number of hydrogen-bond acceptors (Lipinski definition) is 5. The zero-order valence-electron chi connectivity index (χ0n) is 14.9. The Bertz CT molecular complexity index is 750. The van der Waals surface area contributed by atoms with Gasteiger partial charge >= 0.3 is 5.97 Å². The quantitative estimate of drug-likeness (QED) is 0.779. The molecule has 0 heterocycles. The lowest BCUT2D eigenvalue weighted by molar-refractivity contribution is -0.139. The standard InChI is InChI=1S/C19H21NO6/c1-20(13-7-9-14(10-8-13)26-12-19(22)23)18(21)11-15-16(24-2)5-4-6-17(15)25-3/h4-10H,11-12H2,1-3H3,(H,22,23). The molecule has 138 valence electrons. The third-order valence-electron chi connectivity index (χ3n) is 3.82. The van der Waals surface area contributed by atoms with Crippen molar-refractivity contribution in [3.63, 3.8) is 0 Å². The molecule has 0 radical (unpaired) electrons. The number of ether oxygens (including phenoxy) is 3. The van der Waals surface area contributed by atoms with Gasteiger partial charge in [-0.3, -0.25) is 4.79 Å². The number of carbonyl (C=O) groups is 2. The van der Waals surface area contributed by atoms with Crippen molar-refractivity contribution in [2.75, 3.05) is 32.8 Å². The Labute approximate surface area is 151 Å². The van der Waals surface area contributed by atoms with Gasteiger partial charge in [-0.1, -0.05) is 6.07 Å². The molecule has 2 aromatic rings. The summed E-state index contributed by atoms with van der Waals surface area (Å²) in [6.45, 7) is -0.415. The maximum atomic E-state index is 12.7. The van der Waals surface area contributed by atoms with Crippen LogP contribution < -0.4 is 19.1 Å². The van der Waals surface area contributed by atoms with Crippen LogP contribution in [0.5, 0.6) is 17.2 Å². The molecule has 2 rings (SSSR count). The van der Waals surface area contributed by atoms with Crippen molar-refractivity contribution >= 4 is 17.6 Å². The van der Waals surface area contributed by atoms with Gasteiger partial charge in [-0.25, -0.2) is 4.79 Å². The fourth-order valence-corrected chi connectivity index (χ4v) is 2.43. The molecule has 7 nitrogen and oxygen atoms in total. The van der Waals surface area contributed by atoms with Gasteiger partial charge in [0, 0.05) is 18.3 Å². The topological polar surface area (TPSA) is 85.3 Å². The third-order valence-corrected chi connectivity index (χ3v) is 3.82. The van der Waals surface area contributed by atoms with Gasteiger partial charge in [0.25, 0.3) is 0 Å². The minimum absolute atomic E-state index is 0.112. The first-order valence-electron chi connectivity index (χ1n) is 7.87. The summed E-state index contributed by atoms with van der Waals surface area (Å²) in [4.78, 5) is 24.7. The van der Waals surface area contributed by atoms with E-state index in [2.05, 4.69) is 0 Å². The van der Waals surface area contributed by atoms with E-state index in [1.807, 2.05) is 0 Å². The lowest BCUT2D eigenvalue weighted by atomic mass is 10.1. The molecule has 7 heteroatoms. The normalized spacial score (nSPS) is 10.1. The second kappa shape index (κ2) is 8.75. The Kier molecular flexibility index (Phi) is 6.43. The van der Waals surface area contributed by atoms with Crippen LogP contribution in [0.3, 0.4) is 0 Å². The monoisotopic (exact) mass is 359 g/mol. The lowest BCUT2D eigenvalue weighted by Crippen LogP contribution is -2.28. The number of carboxylic acid groups (broad SMARTS) is 1. The molecule has 0 atom stereocenters. The number of methoxy groups -OCH3 is 2. The second-order valence-corrected chi connectivity index (χ2v) is 5.45. The summed E-state index contributed by atoms with van der Waals surface area (Å²) in [5, 5.41) is 8.62. The number of anilines is 1. The molecule has 0 aliphatic heterocycles. The van der Waals surface area contributed by atoms with E-state index < -0.39 is 12.6 Å². The van der Waals surface area contributed by atoms with Crippen LogP contribution in [0.25, 0.3) is 0 Å². The fraction of sp³-hybridized carbons (Fsp3) is 0.263. The number of amides is 1. The Morgan fingerprint density at radius 1 is 1.00 bits per heavy atom. The van der Waals surface area contributed by atoms with Crippen molar-refractivity contribution in [3.05, 3.63) is 48.0 Å². The Morgan fingerprint density at radius 2 is 1.58 bits per heavy atom. The van der Waals surface area contributed by atoms with Crippen LogP contribution in [0.15, 0.2) is 42.5 Å². The third kappa shape index (κ3) is 4.66. The Balaban J connectivity index is 2.11. The molecule has 0 saturated carbocycles. The molecule has 0 aromatic heterocycles. The second-order valence-electron chi connectivity index (χ2n) is 5.45. The summed E-state index contributed by atoms with van der Waals surface area (Å²) in [6, 6.07) is 12.0. The first-order chi connectivity index (χ1) is 12.5. The summed E-state index contributed by atoms with van der Waals surface area (Å²) >= 11 is 0. The number of likely N-dealkylation sites (N-methyl/N-ethyl adjacent to an activating group) is 1. The van der Waals surface area contributed by atoms with Crippen LogP contribution in [0.2, 0.25) is 0 Å². The highest BCUT2D eigenvalue weighted by molar-refractivity contribution is 5.95. The SMILES string of the molecule is COc1cccc(OC)c1CC(=O)N(C)c1ccc(OCC(=O)O)cc1. The number of hydrogen-bond donors (Lipinski definition) is 1. The predicted octanol–water partition coefficient (Wildman–Crippen LogP) is 2.37. The van der Waals surface area contributed by atoms with Gasteiger partial charge < -0.3 is 24.2 Å². The molecule has 0 fully saturated rings. The van der Waals surface area contributed by atoms with Crippen molar-refractivity contribution in [1.29, 1.82) is 0 Å². The van der Waals surface area contributed by atoms with Crippen molar-refractivity contribution in [3.8, 4) is 17.2 Å². The average Bonchev–Trinajstić information content (AvgIpc) is 2.66. The van der Waals surface area contributed by atoms with Crippen molar-refractivity contribution < 1.29 is 28.9 Å². The van der Waals surface area contributed by atoms with Crippen LogP contribution in [-0.4, -0.2) is 44.9 Å². The fourth-order valence-electron chi connectivity index (χ4n) is 2.43. The molecule has 0 aliphatic rings.